The number of rotatable bonds is 6. The maximum absolute atomic E-state index is 14.6. The Balaban J connectivity index is 2.99. The summed E-state index contributed by atoms with van der Waals surface area (Å²) in [7, 11) is 0. The summed E-state index contributed by atoms with van der Waals surface area (Å²) in [6, 6.07) is 1.99. The van der Waals surface area contributed by atoms with Gasteiger partial charge in [-0.1, -0.05) is 18.2 Å². The first-order chi connectivity index (χ1) is 15.9. The van der Waals surface area contributed by atoms with Gasteiger partial charge in [0.05, 0.1) is 5.56 Å². The van der Waals surface area contributed by atoms with Crippen molar-refractivity contribution in [1.29, 1.82) is 0 Å². The number of phenols is 1. The van der Waals surface area contributed by atoms with Crippen LogP contribution in [0, 0.1) is 23.3 Å². The topological polar surface area (TPSA) is 20.2 Å². The van der Waals surface area contributed by atoms with E-state index in [1.165, 1.54) is 0 Å². The Kier molecular flexibility index (Phi) is 6.74. The van der Waals surface area contributed by atoms with Gasteiger partial charge in [0.15, 0.2) is 23.3 Å². The molecular weight excluding hydrogens is 555 g/mol. The van der Waals surface area contributed by atoms with E-state index in [9.17, 15) is 79.7 Å². The quantitative estimate of drug-likeness (QED) is 0.217. The van der Waals surface area contributed by atoms with E-state index in [4.69, 9.17) is 0 Å². The van der Waals surface area contributed by atoms with E-state index < -0.39 is 81.5 Å². The Labute approximate surface area is 186 Å². The Morgan fingerprint density at radius 2 is 0.917 bits per heavy atom. The molecule has 1 N–H and O–H groups in total. The molecule has 0 amide bonds. The maximum atomic E-state index is 14.6. The van der Waals surface area contributed by atoms with Gasteiger partial charge in [-0.2, -0.15) is 57.1 Å². The molecule has 0 unspecified atom stereocenters. The lowest BCUT2D eigenvalue weighted by molar-refractivity contribution is -0.441. The monoisotopic (exact) mass is 560 g/mol. The molecule has 0 aliphatic carbocycles. The molecule has 1 nitrogen and oxygen atoms in total. The van der Waals surface area contributed by atoms with Crippen molar-refractivity contribution in [3.05, 3.63) is 53.1 Å². The highest BCUT2D eigenvalue weighted by Crippen LogP contribution is 2.63. The van der Waals surface area contributed by atoms with Crippen LogP contribution >= 0.6 is 0 Å². The lowest BCUT2D eigenvalue weighted by atomic mass is 9.86. The molecular formula is C18H5F17O. The first-order valence-corrected chi connectivity index (χ1v) is 8.51. The highest BCUT2D eigenvalue weighted by atomic mass is 19.4. The van der Waals surface area contributed by atoms with E-state index in [0.717, 1.165) is 6.07 Å². The summed E-state index contributed by atoms with van der Waals surface area (Å²) in [6.45, 7) is 0. The molecule has 0 spiro atoms. The van der Waals surface area contributed by atoms with E-state index in [1.54, 1.807) is 0 Å². The van der Waals surface area contributed by atoms with Crippen molar-refractivity contribution in [2.75, 3.05) is 0 Å². The van der Waals surface area contributed by atoms with Gasteiger partial charge in [0.25, 0.3) is 0 Å². The lowest BCUT2D eigenvalue weighted by Gasteiger charge is -2.40. The molecule has 0 aliphatic heterocycles. The van der Waals surface area contributed by atoms with Gasteiger partial charge in [-0.25, -0.2) is 17.6 Å². The highest BCUT2D eigenvalue weighted by molar-refractivity contribution is 5.75. The number of hydrogen-bond acceptors (Lipinski definition) is 1. The molecule has 0 saturated heterocycles. The van der Waals surface area contributed by atoms with Gasteiger partial charge >= 0.3 is 35.8 Å². The van der Waals surface area contributed by atoms with Crippen LogP contribution in [0.1, 0.15) is 5.56 Å². The van der Waals surface area contributed by atoms with Crippen LogP contribution in [0.15, 0.2) is 24.3 Å². The molecule has 0 aliphatic rings. The summed E-state index contributed by atoms with van der Waals surface area (Å²) < 4.78 is 230. The van der Waals surface area contributed by atoms with Crippen LogP contribution in [0.3, 0.4) is 0 Å². The number of aromatic hydroxyl groups is 1. The Bertz CT molecular complexity index is 1170. The van der Waals surface area contributed by atoms with Gasteiger partial charge in [-0.05, 0) is 6.07 Å². The SMILES string of the molecule is Oc1ccccc1-c1c(F)c(F)c(F)c(F)c1C(F)(F)C(F)(F)C(F)(F)C(F)(F)C(F)(F)C(F)(F)F. The van der Waals surface area contributed by atoms with Crippen molar-refractivity contribution in [3.63, 3.8) is 0 Å². The summed E-state index contributed by atoms with van der Waals surface area (Å²) in [5.74, 6) is -55.3. The first kappa shape index (κ1) is 29.3. The Hall–Kier alpha value is -2.95. The zero-order valence-corrected chi connectivity index (χ0v) is 16.2. The zero-order valence-electron chi connectivity index (χ0n) is 16.2. The fourth-order valence-corrected chi connectivity index (χ4v) is 2.79. The predicted molar refractivity (Wildman–Crippen MR) is 83.1 cm³/mol. The number of halogens is 17. The number of hydrogen-bond donors (Lipinski definition) is 1. The van der Waals surface area contributed by atoms with Gasteiger partial charge in [-0.3, -0.25) is 0 Å². The van der Waals surface area contributed by atoms with Crippen molar-refractivity contribution in [2.45, 2.75) is 35.8 Å². The highest BCUT2D eigenvalue weighted by Gasteiger charge is 2.91. The Morgan fingerprint density at radius 1 is 0.500 bits per heavy atom. The molecule has 0 saturated carbocycles. The standard InChI is InChI=1S/C18H5F17O/c19-9-7(5-3-1-2-4-6(5)36)8(10(20)12(22)11(9)21)13(23,24)14(25,26)15(27,28)16(29,30)17(31,32)18(33,34)35/h1-4,36H. The first-order valence-electron chi connectivity index (χ1n) is 8.51. The third kappa shape index (κ3) is 3.70. The van der Waals surface area contributed by atoms with Crippen LogP contribution in [0.2, 0.25) is 0 Å². The minimum absolute atomic E-state index is 0.201. The molecule has 0 atom stereocenters. The molecule has 18 heteroatoms. The molecule has 0 bridgehead atoms. The van der Waals surface area contributed by atoms with Gasteiger partial charge < -0.3 is 5.11 Å². The second-order valence-electron chi connectivity index (χ2n) is 6.89. The summed E-state index contributed by atoms with van der Waals surface area (Å²) >= 11 is 0. The Morgan fingerprint density at radius 3 is 1.36 bits per heavy atom. The van der Waals surface area contributed by atoms with E-state index in [2.05, 4.69) is 0 Å². The van der Waals surface area contributed by atoms with Gasteiger partial charge in [0, 0.05) is 11.1 Å². The van der Waals surface area contributed by atoms with Crippen LogP contribution in [-0.2, 0) is 5.92 Å². The van der Waals surface area contributed by atoms with Crippen LogP contribution in [-0.4, -0.2) is 35.0 Å². The van der Waals surface area contributed by atoms with E-state index in [-0.39, 0.29) is 6.07 Å². The summed E-state index contributed by atoms with van der Waals surface area (Å²) in [5.41, 5.74) is -8.04. The van der Waals surface area contributed by atoms with E-state index >= 15 is 0 Å². The van der Waals surface area contributed by atoms with E-state index in [0.29, 0.717) is 12.1 Å². The van der Waals surface area contributed by atoms with Gasteiger partial charge in [0.1, 0.15) is 5.75 Å². The van der Waals surface area contributed by atoms with Crippen LogP contribution < -0.4 is 0 Å². The fraction of sp³-hybridized carbons (Fsp3) is 0.333. The number of para-hydroxylation sites is 1. The minimum Gasteiger partial charge on any atom is -0.507 e. The van der Waals surface area contributed by atoms with Gasteiger partial charge in [0.2, 0.25) is 0 Å². The molecule has 0 aromatic heterocycles. The third-order valence-electron chi connectivity index (χ3n) is 4.69. The van der Waals surface area contributed by atoms with Crippen molar-refractivity contribution >= 4 is 0 Å². The molecule has 2 aromatic carbocycles. The number of alkyl halides is 13. The fourth-order valence-electron chi connectivity index (χ4n) is 2.79. The second-order valence-corrected chi connectivity index (χ2v) is 6.89. The smallest absolute Gasteiger partial charge is 0.460 e. The summed E-state index contributed by atoms with van der Waals surface area (Å²) in [5, 5.41) is 9.59. The minimum atomic E-state index is -8.42. The average molecular weight is 560 g/mol. The molecule has 36 heavy (non-hydrogen) atoms. The molecule has 0 fully saturated rings. The molecule has 2 aromatic rings. The average Bonchev–Trinajstić information content (AvgIpc) is 2.73. The normalized spacial score (nSPS) is 14.4. The number of benzene rings is 2. The summed E-state index contributed by atoms with van der Waals surface area (Å²) in [6.07, 6.45) is -7.73. The predicted octanol–water partition coefficient (Wildman–Crippen LogP) is 7.81. The summed E-state index contributed by atoms with van der Waals surface area (Å²) in [4.78, 5) is 0. The molecule has 0 radical (unpaired) electrons. The zero-order chi connectivity index (χ0) is 28.4. The van der Waals surface area contributed by atoms with Crippen LogP contribution in [0.5, 0.6) is 5.75 Å². The van der Waals surface area contributed by atoms with Crippen molar-refractivity contribution < 1.29 is 79.7 Å². The molecule has 202 valence electrons. The third-order valence-corrected chi connectivity index (χ3v) is 4.69. The van der Waals surface area contributed by atoms with Crippen molar-refractivity contribution in [1.82, 2.24) is 0 Å². The van der Waals surface area contributed by atoms with Crippen molar-refractivity contribution in [3.8, 4) is 16.9 Å². The lowest BCUT2D eigenvalue weighted by Crippen LogP contribution is -2.69. The van der Waals surface area contributed by atoms with Crippen molar-refractivity contribution in [2.24, 2.45) is 0 Å². The molecule has 0 heterocycles. The van der Waals surface area contributed by atoms with Gasteiger partial charge in [-0.15, -0.1) is 0 Å². The maximum Gasteiger partial charge on any atom is 0.460 e. The second kappa shape index (κ2) is 8.29. The van der Waals surface area contributed by atoms with Crippen LogP contribution in [0.25, 0.3) is 11.1 Å². The van der Waals surface area contributed by atoms with Crippen LogP contribution in [0.4, 0.5) is 74.6 Å². The largest absolute Gasteiger partial charge is 0.507 e. The number of phenolic OH excluding ortho intramolecular Hbond substituents is 1. The van der Waals surface area contributed by atoms with E-state index in [1.807, 2.05) is 0 Å². The molecule has 2 rings (SSSR count).